The van der Waals surface area contributed by atoms with Gasteiger partial charge in [-0.05, 0) is 23.8 Å². The van der Waals surface area contributed by atoms with Crippen LogP contribution in [-0.4, -0.2) is 20.5 Å². The molecule has 0 aliphatic heterocycles. The zero-order valence-electron chi connectivity index (χ0n) is 17.9. The molecule has 3 aromatic carbocycles. The van der Waals surface area contributed by atoms with Crippen LogP contribution in [0.5, 0.6) is 5.75 Å². The normalized spacial score (nSPS) is 11.2. The highest BCUT2D eigenvalue weighted by atomic mass is 32.2. The van der Waals surface area contributed by atoms with Crippen LogP contribution in [-0.2, 0) is 12.8 Å². The van der Waals surface area contributed by atoms with E-state index in [0.717, 1.165) is 17.2 Å². The lowest BCUT2D eigenvalue weighted by atomic mass is 10.1. The summed E-state index contributed by atoms with van der Waals surface area (Å²) in [6, 6.07) is 24.4. The number of ether oxygens (including phenoxy) is 1. The number of aromatic nitrogens is 3. The Balaban J connectivity index is 1.71. The molecule has 0 unspecified atom stereocenters. The Hall–Kier alpha value is -3.77. The van der Waals surface area contributed by atoms with E-state index in [2.05, 4.69) is 10.2 Å². The zero-order chi connectivity index (χ0) is 24.0. The number of nitriles is 1. The molecule has 9 heteroatoms. The maximum Gasteiger partial charge on any atom is 0.418 e. The van der Waals surface area contributed by atoms with Gasteiger partial charge in [0.2, 0.25) is 0 Å². The van der Waals surface area contributed by atoms with Gasteiger partial charge in [-0.15, -0.1) is 10.2 Å². The fourth-order valence-electron chi connectivity index (χ4n) is 3.42. The molecule has 34 heavy (non-hydrogen) atoms. The largest absolute Gasteiger partial charge is 0.485 e. The summed E-state index contributed by atoms with van der Waals surface area (Å²) in [5.74, 6) is 1.17. The quantitative estimate of drug-likeness (QED) is 0.212. The number of benzene rings is 3. The minimum absolute atomic E-state index is 0.0885. The first-order valence-electron chi connectivity index (χ1n) is 10.4. The van der Waals surface area contributed by atoms with Gasteiger partial charge in [-0.2, -0.15) is 18.4 Å². The van der Waals surface area contributed by atoms with E-state index in [9.17, 15) is 13.2 Å². The molecule has 0 bridgehead atoms. The van der Waals surface area contributed by atoms with Crippen molar-refractivity contribution in [2.24, 2.45) is 0 Å². The Bertz CT molecular complexity index is 1300. The first kappa shape index (κ1) is 23.4. The highest BCUT2D eigenvalue weighted by Gasteiger charge is 2.35. The number of thioether (sulfide) groups is 1. The van der Waals surface area contributed by atoms with Gasteiger partial charge in [0.25, 0.3) is 0 Å². The van der Waals surface area contributed by atoms with Crippen LogP contribution in [0.15, 0.2) is 84.0 Å². The Morgan fingerprint density at radius 2 is 1.62 bits per heavy atom. The predicted molar refractivity (Wildman–Crippen MR) is 124 cm³/mol. The number of hydrogen-bond donors (Lipinski definition) is 0. The summed E-state index contributed by atoms with van der Waals surface area (Å²) in [7, 11) is 0. The van der Waals surface area contributed by atoms with Crippen molar-refractivity contribution in [3.8, 4) is 28.6 Å². The second kappa shape index (κ2) is 10.4. The van der Waals surface area contributed by atoms with Crippen LogP contribution in [0.25, 0.3) is 16.8 Å². The Morgan fingerprint density at radius 3 is 2.38 bits per heavy atom. The minimum Gasteiger partial charge on any atom is -0.485 e. The van der Waals surface area contributed by atoms with Crippen LogP contribution in [0.1, 0.15) is 17.8 Å². The molecule has 4 rings (SSSR count). The van der Waals surface area contributed by atoms with Crippen molar-refractivity contribution in [1.82, 2.24) is 14.8 Å². The van der Waals surface area contributed by atoms with Gasteiger partial charge in [0.05, 0.1) is 17.3 Å². The van der Waals surface area contributed by atoms with Crippen LogP contribution < -0.4 is 4.74 Å². The molecule has 0 amide bonds. The Kier molecular flexibility index (Phi) is 7.18. The lowest BCUT2D eigenvalue weighted by Gasteiger charge is -2.17. The van der Waals surface area contributed by atoms with Gasteiger partial charge in [-0.1, -0.05) is 72.4 Å². The monoisotopic (exact) mass is 480 g/mol. The van der Waals surface area contributed by atoms with Crippen LogP contribution in [0, 0.1) is 11.3 Å². The summed E-state index contributed by atoms with van der Waals surface area (Å²) >= 11 is 1.17. The van der Waals surface area contributed by atoms with Crippen molar-refractivity contribution < 1.29 is 17.9 Å². The van der Waals surface area contributed by atoms with E-state index < -0.39 is 11.7 Å². The van der Waals surface area contributed by atoms with Gasteiger partial charge in [0.15, 0.2) is 11.0 Å². The van der Waals surface area contributed by atoms with Crippen molar-refractivity contribution in [1.29, 1.82) is 5.26 Å². The molecule has 0 saturated heterocycles. The standard InChI is InChI=1S/C25H19F3N4OS/c26-25(27,28)20-12-5-6-13-21(20)32-23(30-31-24(32)34-16-8-15-29)17-33-22-14-7-4-11-19(22)18-9-2-1-3-10-18/h1-7,9-14H,8,16-17H2. The molecular formula is C25H19F3N4OS. The summed E-state index contributed by atoms with van der Waals surface area (Å²) in [6.07, 6.45) is -4.33. The average molecular weight is 481 g/mol. The lowest BCUT2D eigenvalue weighted by Crippen LogP contribution is -2.14. The molecule has 0 spiro atoms. The summed E-state index contributed by atoms with van der Waals surface area (Å²) in [6.45, 7) is -0.0954. The molecule has 5 nitrogen and oxygen atoms in total. The van der Waals surface area contributed by atoms with Gasteiger partial charge < -0.3 is 4.74 Å². The number of nitrogens with zero attached hydrogens (tertiary/aromatic N) is 4. The first-order valence-corrected chi connectivity index (χ1v) is 11.4. The SMILES string of the molecule is N#CCCSc1nnc(COc2ccccc2-c2ccccc2)n1-c1ccccc1C(F)(F)F. The summed E-state index contributed by atoms with van der Waals surface area (Å²) in [4.78, 5) is 0. The van der Waals surface area contributed by atoms with Crippen molar-refractivity contribution in [2.75, 3.05) is 5.75 Å². The zero-order valence-corrected chi connectivity index (χ0v) is 18.7. The van der Waals surface area contributed by atoms with Crippen LogP contribution in [0.2, 0.25) is 0 Å². The molecule has 4 aromatic rings. The van der Waals surface area contributed by atoms with E-state index in [1.165, 1.54) is 34.5 Å². The van der Waals surface area contributed by atoms with Crippen molar-refractivity contribution in [3.05, 3.63) is 90.3 Å². The molecule has 172 valence electrons. The van der Waals surface area contributed by atoms with E-state index in [4.69, 9.17) is 10.00 Å². The summed E-state index contributed by atoms with van der Waals surface area (Å²) in [5, 5.41) is 17.3. The van der Waals surface area contributed by atoms with Crippen molar-refractivity contribution in [3.63, 3.8) is 0 Å². The third-order valence-corrected chi connectivity index (χ3v) is 5.86. The van der Waals surface area contributed by atoms with Gasteiger partial charge in [-0.25, -0.2) is 0 Å². The molecule has 0 atom stereocenters. The molecule has 1 aromatic heterocycles. The second-order valence-corrected chi connectivity index (χ2v) is 8.22. The number of halogens is 3. The maximum absolute atomic E-state index is 13.8. The van der Waals surface area contributed by atoms with Gasteiger partial charge in [-0.3, -0.25) is 4.57 Å². The molecule has 0 aliphatic rings. The molecule has 0 N–H and O–H groups in total. The van der Waals surface area contributed by atoms with E-state index in [1.807, 2.05) is 54.6 Å². The van der Waals surface area contributed by atoms with E-state index >= 15 is 0 Å². The smallest absolute Gasteiger partial charge is 0.418 e. The molecular weight excluding hydrogens is 461 g/mol. The molecule has 0 aliphatic carbocycles. The van der Waals surface area contributed by atoms with Crippen LogP contribution in [0.4, 0.5) is 13.2 Å². The van der Waals surface area contributed by atoms with E-state index in [-0.39, 0.29) is 29.7 Å². The number of para-hydroxylation sites is 2. The fourth-order valence-corrected chi connectivity index (χ4v) is 4.22. The summed E-state index contributed by atoms with van der Waals surface area (Å²) in [5.41, 5.74) is 0.917. The number of hydrogen-bond acceptors (Lipinski definition) is 5. The van der Waals surface area contributed by atoms with E-state index in [0.29, 0.717) is 11.5 Å². The van der Waals surface area contributed by atoms with Crippen LogP contribution in [0.3, 0.4) is 0 Å². The first-order chi connectivity index (χ1) is 16.5. The fraction of sp³-hybridized carbons (Fsp3) is 0.160. The van der Waals surface area contributed by atoms with Gasteiger partial charge in [0.1, 0.15) is 12.4 Å². The molecule has 0 saturated carbocycles. The Morgan fingerprint density at radius 1 is 0.912 bits per heavy atom. The average Bonchev–Trinajstić information content (AvgIpc) is 3.25. The lowest BCUT2D eigenvalue weighted by molar-refractivity contribution is -0.137. The van der Waals surface area contributed by atoms with Gasteiger partial charge in [0, 0.05) is 17.7 Å². The molecule has 0 radical (unpaired) electrons. The molecule has 1 heterocycles. The van der Waals surface area contributed by atoms with Gasteiger partial charge >= 0.3 is 6.18 Å². The van der Waals surface area contributed by atoms with Crippen molar-refractivity contribution >= 4 is 11.8 Å². The summed E-state index contributed by atoms with van der Waals surface area (Å²) < 4.78 is 48.7. The van der Waals surface area contributed by atoms with E-state index in [1.54, 1.807) is 6.07 Å². The highest BCUT2D eigenvalue weighted by molar-refractivity contribution is 7.99. The van der Waals surface area contributed by atoms with Crippen molar-refractivity contribution in [2.45, 2.75) is 24.4 Å². The number of alkyl halides is 3. The second-order valence-electron chi connectivity index (χ2n) is 7.16. The maximum atomic E-state index is 13.8. The number of rotatable bonds is 8. The third kappa shape index (κ3) is 5.24. The minimum atomic E-state index is -4.56. The predicted octanol–water partition coefficient (Wildman–Crippen LogP) is 6.54. The van der Waals surface area contributed by atoms with Crippen LogP contribution >= 0.6 is 11.8 Å². The third-order valence-electron chi connectivity index (χ3n) is 4.92. The topological polar surface area (TPSA) is 63.7 Å². The Labute approximate surface area is 198 Å². The molecule has 0 fully saturated rings. The highest BCUT2D eigenvalue weighted by Crippen LogP contribution is 2.36.